The van der Waals surface area contributed by atoms with Gasteiger partial charge in [-0.05, 0) is 43.5 Å². The largest absolute Gasteiger partial charge is 0.494 e. The molecule has 0 radical (unpaired) electrons. The van der Waals surface area contributed by atoms with Gasteiger partial charge >= 0.3 is 0 Å². The number of unbranched alkanes of at least 4 members (excludes halogenated alkanes) is 1. The Hall–Kier alpha value is -0.800. The molecule has 1 aromatic carbocycles. The Labute approximate surface area is 106 Å². The number of epoxide rings is 1. The van der Waals surface area contributed by atoms with E-state index < -0.39 is 0 Å². The van der Waals surface area contributed by atoms with Crippen LogP contribution in [0.1, 0.15) is 19.3 Å². The lowest BCUT2D eigenvalue weighted by molar-refractivity contribution is 0.298. The van der Waals surface area contributed by atoms with Crippen molar-refractivity contribution in [2.45, 2.75) is 31.5 Å². The molecule has 0 spiro atoms. The van der Waals surface area contributed by atoms with E-state index in [4.69, 9.17) is 21.1 Å². The van der Waals surface area contributed by atoms with Crippen LogP contribution in [0.25, 0.3) is 0 Å². The molecule has 0 aromatic heterocycles. The zero-order chi connectivity index (χ0) is 12.1. The van der Waals surface area contributed by atoms with Gasteiger partial charge in [0.2, 0.25) is 0 Å². The van der Waals surface area contributed by atoms with Crippen LogP contribution in [0, 0.1) is 5.82 Å². The highest BCUT2D eigenvalue weighted by molar-refractivity contribution is 6.18. The summed E-state index contributed by atoms with van der Waals surface area (Å²) in [4.78, 5) is 0. The van der Waals surface area contributed by atoms with E-state index in [1.54, 1.807) is 12.1 Å². The highest BCUT2D eigenvalue weighted by Gasteiger charge is 2.36. The van der Waals surface area contributed by atoms with Crippen LogP contribution in [-0.2, 0) is 4.74 Å². The van der Waals surface area contributed by atoms with Crippen molar-refractivity contribution < 1.29 is 13.9 Å². The van der Waals surface area contributed by atoms with Gasteiger partial charge in [0.15, 0.2) is 0 Å². The van der Waals surface area contributed by atoms with Crippen LogP contribution in [-0.4, -0.2) is 24.7 Å². The predicted molar refractivity (Wildman–Crippen MR) is 65.1 cm³/mol. The molecule has 0 saturated carbocycles. The zero-order valence-electron chi connectivity index (χ0n) is 9.57. The second-order valence-corrected chi connectivity index (χ2v) is 4.47. The average Bonchev–Trinajstić information content (AvgIpc) is 3.10. The van der Waals surface area contributed by atoms with Crippen LogP contribution in [0.15, 0.2) is 24.3 Å². The zero-order valence-corrected chi connectivity index (χ0v) is 10.3. The molecule has 1 aliphatic heterocycles. The normalized spacial score (nSPS) is 22.5. The third-order valence-corrected chi connectivity index (χ3v) is 3.11. The monoisotopic (exact) mass is 258 g/mol. The molecule has 0 bridgehead atoms. The lowest BCUT2D eigenvalue weighted by Crippen LogP contribution is -2.00. The van der Waals surface area contributed by atoms with Gasteiger partial charge in [0.05, 0.1) is 24.7 Å². The number of hydrogen-bond donors (Lipinski definition) is 0. The molecule has 0 amide bonds. The summed E-state index contributed by atoms with van der Waals surface area (Å²) in [6.07, 6.45) is 3.73. The molecule has 0 aliphatic carbocycles. The van der Waals surface area contributed by atoms with E-state index in [0.717, 1.165) is 19.3 Å². The van der Waals surface area contributed by atoms with Crippen molar-refractivity contribution >= 4 is 11.6 Å². The fraction of sp³-hybridized carbons (Fsp3) is 0.538. The van der Waals surface area contributed by atoms with Crippen LogP contribution in [0.5, 0.6) is 5.75 Å². The van der Waals surface area contributed by atoms with Crippen LogP contribution in [0.4, 0.5) is 4.39 Å². The number of benzene rings is 1. The van der Waals surface area contributed by atoms with Gasteiger partial charge in [0.1, 0.15) is 11.6 Å². The molecule has 0 N–H and O–H groups in total. The maximum atomic E-state index is 12.6. The van der Waals surface area contributed by atoms with Crippen molar-refractivity contribution in [3.05, 3.63) is 30.1 Å². The van der Waals surface area contributed by atoms with Crippen molar-refractivity contribution in [2.24, 2.45) is 0 Å². The SMILES string of the molecule is Fc1ccc(OCCCCC2OC2CCl)cc1. The van der Waals surface area contributed by atoms with E-state index in [1.165, 1.54) is 12.1 Å². The van der Waals surface area contributed by atoms with E-state index in [9.17, 15) is 4.39 Å². The summed E-state index contributed by atoms with van der Waals surface area (Å²) in [7, 11) is 0. The second kappa shape index (κ2) is 6.22. The Kier molecular flexibility index (Phi) is 4.63. The smallest absolute Gasteiger partial charge is 0.123 e. The lowest BCUT2D eigenvalue weighted by Gasteiger charge is -2.05. The fourth-order valence-electron chi connectivity index (χ4n) is 1.74. The van der Waals surface area contributed by atoms with E-state index in [1.807, 2.05) is 0 Å². The summed E-state index contributed by atoms with van der Waals surface area (Å²) in [6, 6.07) is 6.09. The van der Waals surface area contributed by atoms with Gasteiger partial charge < -0.3 is 9.47 Å². The summed E-state index contributed by atoms with van der Waals surface area (Å²) in [6.45, 7) is 0.657. The van der Waals surface area contributed by atoms with Crippen molar-refractivity contribution in [3.8, 4) is 5.75 Å². The van der Waals surface area contributed by atoms with E-state index >= 15 is 0 Å². The van der Waals surface area contributed by atoms with Crippen molar-refractivity contribution in [1.82, 2.24) is 0 Å². The highest BCUT2D eigenvalue weighted by atomic mass is 35.5. The molecule has 1 aliphatic rings. The Balaban J connectivity index is 1.53. The maximum absolute atomic E-state index is 12.6. The summed E-state index contributed by atoms with van der Waals surface area (Å²) in [5.41, 5.74) is 0. The molecule has 2 nitrogen and oxygen atoms in total. The second-order valence-electron chi connectivity index (χ2n) is 4.17. The molecular formula is C13H16ClFO2. The molecule has 4 heteroatoms. The van der Waals surface area contributed by atoms with Crippen LogP contribution < -0.4 is 4.74 Å². The predicted octanol–water partition coefficient (Wildman–Crippen LogP) is 3.38. The van der Waals surface area contributed by atoms with Gasteiger partial charge in [0.25, 0.3) is 0 Å². The maximum Gasteiger partial charge on any atom is 0.123 e. The minimum absolute atomic E-state index is 0.240. The molecule has 1 fully saturated rings. The minimum Gasteiger partial charge on any atom is -0.494 e. The van der Waals surface area contributed by atoms with Crippen molar-refractivity contribution in [1.29, 1.82) is 0 Å². The number of ether oxygens (including phenoxy) is 2. The summed E-state index contributed by atoms with van der Waals surface area (Å²) in [5.74, 6) is 1.07. The first-order chi connectivity index (χ1) is 8.29. The van der Waals surface area contributed by atoms with Crippen molar-refractivity contribution in [2.75, 3.05) is 12.5 Å². The molecule has 2 unspecified atom stereocenters. The number of alkyl halides is 1. The molecule has 2 atom stereocenters. The third-order valence-electron chi connectivity index (χ3n) is 2.81. The Bertz CT molecular complexity index is 342. The number of halogens is 2. The highest BCUT2D eigenvalue weighted by Crippen LogP contribution is 2.27. The van der Waals surface area contributed by atoms with Crippen LogP contribution >= 0.6 is 11.6 Å². The molecule has 17 heavy (non-hydrogen) atoms. The summed E-state index contributed by atoms with van der Waals surface area (Å²) >= 11 is 5.65. The van der Waals surface area contributed by atoms with Gasteiger partial charge in [-0.2, -0.15) is 0 Å². The molecular weight excluding hydrogens is 243 g/mol. The molecule has 1 aromatic rings. The first-order valence-electron chi connectivity index (χ1n) is 5.89. The third kappa shape index (κ3) is 4.17. The number of rotatable bonds is 7. The van der Waals surface area contributed by atoms with E-state index in [2.05, 4.69) is 0 Å². The van der Waals surface area contributed by atoms with Gasteiger partial charge in [-0.15, -0.1) is 11.6 Å². The van der Waals surface area contributed by atoms with Gasteiger partial charge in [0, 0.05) is 0 Å². The number of hydrogen-bond acceptors (Lipinski definition) is 2. The van der Waals surface area contributed by atoms with Gasteiger partial charge in [-0.1, -0.05) is 0 Å². The quantitative estimate of drug-likeness (QED) is 0.425. The Morgan fingerprint density at radius 2 is 1.94 bits per heavy atom. The van der Waals surface area contributed by atoms with Gasteiger partial charge in [-0.25, -0.2) is 4.39 Å². The van der Waals surface area contributed by atoms with E-state index in [0.29, 0.717) is 24.3 Å². The average molecular weight is 259 g/mol. The molecule has 1 saturated heterocycles. The molecule has 2 rings (SSSR count). The van der Waals surface area contributed by atoms with Crippen molar-refractivity contribution in [3.63, 3.8) is 0 Å². The fourth-order valence-corrected chi connectivity index (χ4v) is 2.01. The lowest BCUT2D eigenvalue weighted by atomic mass is 10.2. The first-order valence-corrected chi connectivity index (χ1v) is 6.43. The van der Waals surface area contributed by atoms with Crippen LogP contribution in [0.3, 0.4) is 0 Å². The summed E-state index contributed by atoms with van der Waals surface area (Å²) in [5, 5.41) is 0. The van der Waals surface area contributed by atoms with Crippen LogP contribution in [0.2, 0.25) is 0 Å². The molecule has 94 valence electrons. The Morgan fingerprint density at radius 1 is 1.18 bits per heavy atom. The molecule has 1 heterocycles. The van der Waals surface area contributed by atoms with Gasteiger partial charge in [-0.3, -0.25) is 0 Å². The topological polar surface area (TPSA) is 21.8 Å². The first kappa shape index (κ1) is 12.7. The standard InChI is InChI=1S/C13H16ClFO2/c14-9-13-12(17-13)3-1-2-8-16-11-6-4-10(15)5-7-11/h4-7,12-13H,1-3,8-9H2. The van der Waals surface area contributed by atoms with E-state index in [-0.39, 0.29) is 11.9 Å². The minimum atomic E-state index is -0.240. The Morgan fingerprint density at radius 3 is 2.59 bits per heavy atom. The summed E-state index contributed by atoms with van der Waals surface area (Å²) < 4.78 is 23.4.